The van der Waals surface area contributed by atoms with Crippen LogP contribution in [-0.2, 0) is 19.9 Å². The van der Waals surface area contributed by atoms with Gasteiger partial charge in [-0.1, -0.05) is 6.07 Å². The Morgan fingerprint density at radius 3 is 2.24 bits per heavy atom. The molecule has 25 heavy (non-hydrogen) atoms. The van der Waals surface area contributed by atoms with Gasteiger partial charge in [-0.3, -0.25) is 0 Å². The van der Waals surface area contributed by atoms with Crippen LogP contribution in [0.4, 0.5) is 4.39 Å². The van der Waals surface area contributed by atoms with Gasteiger partial charge in [-0.15, -0.1) is 0 Å². The lowest BCUT2D eigenvalue weighted by Crippen LogP contribution is -2.25. The van der Waals surface area contributed by atoms with Crippen molar-refractivity contribution < 1.29 is 21.2 Å². The van der Waals surface area contributed by atoms with E-state index >= 15 is 0 Å². The van der Waals surface area contributed by atoms with Crippen molar-refractivity contribution in [3.05, 3.63) is 53.8 Å². The van der Waals surface area contributed by atoms with E-state index in [1.807, 2.05) is 6.07 Å². The first-order valence-electron chi connectivity index (χ1n) is 7.16. The molecular weight excluding hydrogens is 367 g/mol. The molecule has 1 N–H and O–H groups in total. The van der Waals surface area contributed by atoms with Crippen molar-refractivity contribution >= 4 is 19.9 Å². The van der Waals surface area contributed by atoms with Crippen molar-refractivity contribution in [3.8, 4) is 6.07 Å². The number of nitriles is 1. The Morgan fingerprint density at radius 2 is 1.64 bits per heavy atom. The minimum absolute atomic E-state index is 0.00809. The number of nitrogens with zero attached hydrogens (tertiary/aromatic N) is 1. The van der Waals surface area contributed by atoms with Crippen molar-refractivity contribution in [3.63, 3.8) is 0 Å². The molecule has 0 unspecified atom stereocenters. The molecule has 0 saturated carbocycles. The quantitative estimate of drug-likeness (QED) is 0.609. The highest BCUT2D eigenvalue weighted by Crippen LogP contribution is 2.25. The predicted octanol–water partition coefficient (Wildman–Crippen LogP) is 2.16. The van der Waals surface area contributed by atoms with Gasteiger partial charge in [0.25, 0.3) is 0 Å². The number of hydrogen-bond acceptors (Lipinski definition) is 5. The lowest BCUT2D eigenvalue weighted by Gasteiger charge is -2.11. The van der Waals surface area contributed by atoms with Gasteiger partial charge in [0.05, 0.1) is 20.8 Å². The van der Waals surface area contributed by atoms with E-state index in [9.17, 15) is 21.2 Å². The molecule has 0 aliphatic heterocycles. The summed E-state index contributed by atoms with van der Waals surface area (Å²) < 4.78 is 65.1. The first-order chi connectivity index (χ1) is 11.7. The van der Waals surface area contributed by atoms with Gasteiger partial charge in [-0.2, -0.15) is 5.26 Å². The third-order valence-electron chi connectivity index (χ3n) is 3.41. The van der Waals surface area contributed by atoms with Gasteiger partial charge in [0.15, 0.2) is 0 Å². The fraction of sp³-hybridized carbons (Fsp3) is 0.188. The zero-order valence-electron chi connectivity index (χ0n) is 13.2. The maximum Gasteiger partial charge on any atom is 0.240 e. The van der Waals surface area contributed by atoms with E-state index in [2.05, 4.69) is 4.72 Å². The molecule has 0 amide bonds. The summed E-state index contributed by atoms with van der Waals surface area (Å²) in [6.45, 7) is 1.46. The van der Waals surface area contributed by atoms with Crippen molar-refractivity contribution in [2.45, 2.75) is 28.0 Å². The molecule has 2 aromatic carbocycles. The van der Waals surface area contributed by atoms with Gasteiger partial charge in [-0.25, -0.2) is 25.9 Å². The second-order valence-corrected chi connectivity index (χ2v) is 8.88. The molecule has 0 aliphatic carbocycles. The molecule has 0 heterocycles. The van der Waals surface area contributed by atoms with Crippen LogP contribution in [0.3, 0.4) is 0 Å². The van der Waals surface area contributed by atoms with Crippen molar-refractivity contribution in [2.75, 3.05) is 6.54 Å². The molecule has 0 atom stereocenters. The van der Waals surface area contributed by atoms with Crippen LogP contribution in [0.5, 0.6) is 0 Å². The van der Waals surface area contributed by atoms with E-state index in [0.717, 1.165) is 30.3 Å². The largest absolute Gasteiger partial charge is 0.240 e. The Bertz CT molecular complexity index is 1020. The third-order valence-corrected chi connectivity index (χ3v) is 6.78. The van der Waals surface area contributed by atoms with Gasteiger partial charge >= 0.3 is 0 Å². The summed E-state index contributed by atoms with van der Waals surface area (Å²) in [7, 11) is -7.95. The standard InChI is InChI=1S/C16H15FN2O4S2/c1-12-3-6-15(11-16(12)25(22,23)19-10-2-9-18)24(20,21)14-7-4-13(17)5-8-14/h3-8,11,19H,2,10H2,1H3. The van der Waals surface area contributed by atoms with E-state index < -0.39 is 25.7 Å². The lowest BCUT2D eigenvalue weighted by atomic mass is 10.2. The zero-order valence-corrected chi connectivity index (χ0v) is 14.9. The van der Waals surface area contributed by atoms with Gasteiger partial charge in [0.2, 0.25) is 19.9 Å². The smallest absolute Gasteiger partial charge is 0.219 e. The van der Waals surface area contributed by atoms with Crippen LogP contribution in [0.25, 0.3) is 0 Å². The molecule has 9 heteroatoms. The number of benzene rings is 2. The van der Waals surface area contributed by atoms with Crippen LogP contribution >= 0.6 is 0 Å². The Hall–Kier alpha value is -2.28. The summed E-state index contributed by atoms with van der Waals surface area (Å²) >= 11 is 0. The summed E-state index contributed by atoms with van der Waals surface area (Å²) in [5.74, 6) is -0.576. The lowest BCUT2D eigenvalue weighted by molar-refractivity contribution is 0.581. The van der Waals surface area contributed by atoms with Gasteiger partial charge < -0.3 is 0 Å². The van der Waals surface area contributed by atoms with E-state index in [-0.39, 0.29) is 27.7 Å². The highest BCUT2D eigenvalue weighted by Gasteiger charge is 2.23. The molecule has 0 fully saturated rings. The molecule has 0 bridgehead atoms. The monoisotopic (exact) mass is 382 g/mol. The van der Waals surface area contributed by atoms with Crippen LogP contribution in [0.1, 0.15) is 12.0 Å². The third kappa shape index (κ3) is 4.22. The molecule has 2 aromatic rings. The van der Waals surface area contributed by atoms with Gasteiger partial charge in [0.1, 0.15) is 5.82 Å². The molecule has 0 radical (unpaired) electrons. The van der Waals surface area contributed by atoms with Crippen LogP contribution < -0.4 is 4.72 Å². The summed E-state index contributed by atoms with van der Waals surface area (Å²) in [5, 5.41) is 8.49. The summed E-state index contributed by atoms with van der Waals surface area (Å²) in [4.78, 5) is -0.544. The average Bonchev–Trinajstić information content (AvgIpc) is 2.55. The van der Waals surface area contributed by atoms with Crippen LogP contribution in [0, 0.1) is 24.1 Å². The first-order valence-corrected chi connectivity index (χ1v) is 10.1. The van der Waals surface area contributed by atoms with E-state index in [1.165, 1.54) is 19.1 Å². The number of hydrogen-bond donors (Lipinski definition) is 1. The second kappa shape index (κ2) is 7.31. The number of rotatable bonds is 6. The molecule has 6 nitrogen and oxygen atoms in total. The fourth-order valence-corrected chi connectivity index (χ4v) is 4.77. The van der Waals surface area contributed by atoms with Crippen molar-refractivity contribution in [2.24, 2.45) is 0 Å². The Morgan fingerprint density at radius 1 is 1.04 bits per heavy atom. The highest BCUT2D eigenvalue weighted by atomic mass is 32.2. The maximum atomic E-state index is 13.0. The number of aryl methyl sites for hydroxylation is 1. The van der Waals surface area contributed by atoms with Crippen LogP contribution in [-0.4, -0.2) is 23.4 Å². The molecule has 0 saturated heterocycles. The normalized spacial score (nSPS) is 11.9. The first kappa shape index (κ1) is 19.1. The molecule has 0 spiro atoms. The maximum absolute atomic E-state index is 13.0. The van der Waals surface area contributed by atoms with E-state index in [1.54, 1.807) is 0 Å². The number of sulfonamides is 1. The zero-order chi connectivity index (χ0) is 18.7. The number of nitrogens with one attached hydrogen (secondary N) is 1. The van der Waals surface area contributed by atoms with Gasteiger partial charge in [-0.05, 0) is 48.9 Å². The SMILES string of the molecule is Cc1ccc(S(=O)(=O)c2ccc(F)cc2)cc1S(=O)(=O)NCCC#N. The Balaban J connectivity index is 2.48. The fourth-order valence-electron chi connectivity index (χ4n) is 2.11. The summed E-state index contributed by atoms with van der Waals surface area (Å²) in [6.07, 6.45) is -0.00809. The van der Waals surface area contributed by atoms with Gasteiger partial charge in [0, 0.05) is 13.0 Å². The minimum atomic E-state index is -3.99. The Kier molecular flexibility index (Phi) is 5.57. The minimum Gasteiger partial charge on any atom is -0.219 e. The Labute approximate surface area is 145 Å². The average molecular weight is 382 g/mol. The van der Waals surface area contributed by atoms with E-state index in [0.29, 0.717) is 5.56 Å². The molecule has 0 aliphatic rings. The molecule has 2 rings (SSSR count). The predicted molar refractivity (Wildman–Crippen MR) is 88.4 cm³/mol. The summed E-state index contributed by atoms with van der Waals surface area (Å²) in [5.41, 5.74) is 0.363. The van der Waals surface area contributed by atoms with Crippen LogP contribution in [0.15, 0.2) is 57.2 Å². The van der Waals surface area contributed by atoms with Crippen LogP contribution in [0.2, 0.25) is 0 Å². The highest BCUT2D eigenvalue weighted by molar-refractivity contribution is 7.91. The number of halogens is 1. The topological polar surface area (TPSA) is 104 Å². The van der Waals surface area contributed by atoms with E-state index in [4.69, 9.17) is 5.26 Å². The van der Waals surface area contributed by atoms with Crippen molar-refractivity contribution in [1.29, 1.82) is 5.26 Å². The molecular formula is C16H15FN2O4S2. The van der Waals surface area contributed by atoms with Crippen molar-refractivity contribution in [1.82, 2.24) is 4.72 Å². The molecule has 132 valence electrons. The summed E-state index contributed by atoms with van der Waals surface area (Å²) in [6, 6.07) is 9.81. The second-order valence-electron chi connectivity index (χ2n) is 5.19. The number of sulfone groups is 1. The molecule has 0 aromatic heterocycles.